The fourth-order valence-electron chi connectivity index (χ4n) is 2.63. The van der Waals surface area contributed by atoms with Gasteiger partial charge in [-0.2, -0.15) is 0 Å². The minimum Gasteiger partial charge on any atom is -0.300 e. The van der Waals surface area contributed by atoms with Crippen molar-refractivity contribution in [3.05, 3.63) is 69.7 Å². The number of pyridine rings is 1. The number of aryl methyl sites for hydroxylation is 4. The third-order valence-corrected chi connectivity index (χ3v) is 4.19. The lowest BCUT2D eigenvalue weighted by Gasteiger charge is -2.05. The smallest absolute Gasteiger partial charge is 0.132 e. The summed E-state index contributed by atoms with van der Waals surface area (Å²) in [5.41, 5.74) is 5.04. The van der Waals surface area contributed by atoms with Crippen molar-refractivity contribution in [3.63, 3.8) is 0 Å². The Bertz CT molecular complexity index is 759. The fraction of sp³-hybridized carbons (Fsp3) is 0.235. The lowest BCUT2D eigenvalue weighted by Crippen LogP contribution is -2.00. The zero-order chi connectivity index (χ0) is 14.1. The van der Waals surface area contributed by atoms with Gasteiger partial charge in [-0.25, -0.2) is 4.98 Å². The molecule has 0 saturated heterocycles. The molecule has 0 aliphatic heterocycles. The van der Waals surface area contributed by atoms with E-state index < -0.39 is 0 Å². The van der Waals surface area contributed by atoms with Crippen LogP contribution >= 0.6 is 15.9 Å². The van der Waals surface area contributed by atoms with E-state index in [1.54, 1.807) is 0 Å². The maximum absolute atomic E-state index is 4.67. The maximum atomic E-state index is 4.67. The summed E-state index contributed by atoms with van der Waals surface area (Å²) in [6.07, 6.45) is 1.96. The van der Waals surface area contributed by atoms with Gasteiger partial charge < -0.3 is 0 Å². The highest BCUT2D eigenvalue weighted by molar-refractivity contribution is 9.10. The predicted molar refractivity (Wildman–Crippen MR) is 86.2 cm³/mol. The molecule has 0 saturated carbocycles. The number of rotatable bonds is 3. The van der Waals surface area contributed by atoms with E-state index in [9.17, 15) is 0 Å². The topological polar surface area (TPSA) is 17.3 Å². The SMILES string of the molecule is Cc1cccc(CCc2nc(Br)c3cccc(C)n23)c1. The van der Waals surface area contributed by atoms with Crippen molar-refractivity contribution < 1.29 is 0 Å². The molecule has 1 aromatic carbocycles. The highest BCUT2D eigenvalue weighted by Gasteiger charge is 2.10. The molecule has 0 aliphatic carbocycles. The molecular weight excluding hydrogens is 312 g/mol. The molecule has 2 heterocycles. The van der Waals surface area contributed by atoms with E-state index in [4.69, 9.17) is 0 Å². The molecule has 0 N–H and O–H groups in total. The highest BCUT2D eigenvalue weighted by Crippen LogP contribution is 2.21. The van der Waals surface area contributed by atoms with Crippen LogP contribution in [-0.2, 0) is 12.8 Å². The average molecular weight is 329 g/mol. The average Bonchev–Trinajstić information content (AvgIpc) is 2.75. The Kier molecular flexibility index (Phi) is 3.62. The van der Waals surface area contributed by atoms with Crippen molar-refractivity contribution in [2.24, 2.45) is 0 Å². The molecule has 2 nitrogen and oxygen atoms in total. The van der Waals surface area contributed by atoms with Crippen molar-refractivity contribution in [1.29, 1.82) is 0 Å². The first-order valence-electron chi connectivity index (χ1n) is 6.83. The van der Waals surface area contributed by atoms with Crippen molar-refractivity contribution in [1.82, 2.24) is 9.38 Å². The van der Waals surface area contributed by atoms with Gasteiger partial charge in [-0.15, -0.1) is 0 Å². The standard InChI is InChI=1S/C17H17BrN2/c1-12-5-3-7-14(11-12)9-10-16-19-17(18)15-8-4-6-13(2)20(15)16/h3-8,11H,9-10H2,1-2H3. The van der Waals surface area contributed by atoms with Crippen molar-refractivity contribution in [2.75, 3.05) is 0 Å². The molecule has 2 aromatic heterocycles. The monoisotopic (exact) mass is 328 g/mol. The largest absolute Gasteiger partial charge is 0.300 e. The minimum absolute atomic E-state index is 0.931. The molecule has 20 heavy (non-hydrogen) atoms. The van der Waals surface area contributed by atoms with Gasteiger partial charge in [0.25, 0.3) is 0 Å². The summed E-state index contributed by atoms with van der Waals surface area (Å²) in [6.45, 7) is 4.26. The van der Waals surface area contributed by atoms with E-state index in [1.807, 2.05) is 0 Å². The molecule has 0 radical (unpaired) electrons. The molecule has 0 bridgehead atoms. The summed E-state index contributed by atoms with van der Waals surface area (Å²) in [7, 11) is 0. The van der Waals surface area contributed by atoms with Gasteiger partial charge in [-0.05, 0) is 53.9 Å². The second-order valence-electron chi connectivity index (χ2n) is 5.20. The van der Waals surface area contributed by atoms with E-state index in [2.05, 4.69) is 81.6 Å². The van der Waals surface area contributed by atoms with E-state index in [1.165, 1.54) is 16.8 Å². The number of imidazole rings is 1. The third-order valence-electron chi connectivity index (χ3n) is 3.60. The van der Waals surface area contributed by atoms with Crippen LogP contribution in [0.3, 0.4) is 0 Å². The lowest BCUT2D eigenvalue weighted by molar-refractivity contribution is 0.839. The van der Waals surface area contributed by atoms with Crippen LogP contribution < -0.4 is 0 Å². The Hall–Kier alpha value is -1.61. The zero-order valence-corrected chi connectivity index (χ0v) is 13.3. The molecular formula is C17H17BrN2. The summed E-state index contributed by atoms with van der Waals surface area (Å²) >= 11 is 3.56. The molecule has 0 fully saturated rings. The molecule has 0 atom stereocenters. The molecule has 3 rings (SSSR count). The van der Waals surface area contributed by atoms with Crippen LogP contribution in [0.5, 0.6) is 0 Å². The van der Waals surface area contributed by atoms with E-state index in [-0.39, 0.29) is 0 Å². The Labute approximate surface area is 127 Å². The number of halogens is 1. The van der Waals surface area contributed by atoms with Crippen LogP contribution in [0, 0.1) is 13.8 Å². The van der Waals surface area contributed by atoms with Crippen molar-refractivity contribution >= 4 is 21.4 Å². The first kappa shape index (κ1) is 13.4. The number of fused-ring (bicyclic) bond motifs is 1. The van der Waals surface area contributed by atoms with Crippen LogP contribution in [0.1, 0.15) is 22.6 Å². The first-order valence-corrected chi connectivity index (χ1v) is 7.62. The van der Waals surface area contributed by atoms with E-state index >= 15 is 0 Å². The maximum Gasteiger partial charge on any atom is 0.132 e. The Morgan fingerprint density at radius 1 is 1.05 bits per heavy atom. The normalized spacial score (nSPS) is 11.2. The van der Waals surface area contributed by atoms with E-state index in [0.29, 0.717) is 0 Å². The summed E-state index contributed by atoms with van der Waals surface area (Å²) in [4.78, 5) is 4.67. The Morgan fingerprint density at radius 3 is 2.65 bits per heavy atom. The zero-order valence-electron chi connectivity index (χ0n) is 11.7. The van der Waals surface area contributed by atoms with Gasteiger partial charge in [0.1, 0.15) is 10.4 Å². The molecule has 102 valence electrons. The summed E-state index contributed by atoms with van der Waals surface area (Å²) in [5.74, 6) is 1.12. The van der Waals surface area contributed by atoms with Gasteiger partial charge >= 0.3 is 0 Å². The summed E-state index contributed by atoms with van der Waals surface area (Å²) in [6, 6.07) is 15.0. The Balaban J connectivity index is 1.92. The van der Waals surface area contributed by atoms with Crippen LogP contribution in [0.15, 0.2) is 47.1 Å². The van der Waals surface area contributed by atoms with Crippen molar-refractivity contribution in [3.8, 4) is 0 Å². The van der Waals surface area contributed by atoms with E-state index in [0.717, 1.165) is 28.8 Å². The number of benzene rings is 1. The number of hydrogen-bond donors (Lipinski definition) is 0. The molecule has 0 unspecified atom stereocenters. The number of hydrogen-bond acceptors (Lipinski definition) is 1. The Morgan fingerprint density at radius 2 is 1.85 bits per heavy atom. The second-order valence-corrected chi connectivity index (χ2v) is 5.95. The quantitative estimate of drug-likeness (QED) is 0.692. The third kappa shape index (κ3) is 2.50. The van der Waals surface area contributed by atoms with Gasteiger partial charge in [-0.3, -0.25) is 4.40 Å². The molecule has 0 spiro atoms. The minimum atomic E-state index is 0.931. The second kappa shape index (κ2) is 5.41. The molecule has 0 amide bonds. The van der Waals surface area contributed by atoms with Crippen LogP contribution in [0.2, 0.25) is 0 Å². The van der Waals surface area contributed by atoms with Gasteiger partial charge in [0, 0.05) is 12.1 Å². The first-order chi connectivity index (χ1) is 9.65. The van der Waals surface area contributed by atoms with Gasteiger partial charge in [-0.1, -0.05) is 35.9 Å². The highest BCUT2D eigenvalue weighted by atomic mass is 79.9. The van der Waals surface area contributed by atoms with Crippen LogP contribution in [-0.4, -0.2) is 9.38 Å². The fourth-order valence-corrected chi connectivity index (χ4v) is 3.15. The van der Waals surface area contributed by atoms with Crippen LogP contribution in [0.25, 0.3) is 5.52 Å². The van der Waals surface area contributed by atoms with Gasteiger partial charge in [0.2, 0.25) is 0 Å². The van der Waals surface area contributed by atoms with Gasteiger partial charge in [0.15, 0.2) is 0 Å². The van der Waals surface area contributed by atoms with Gasteiger partial charge in [0.05, 0.1) is 5.52 Å². The summed E-state index contributed by atoms with van der Waals surface area (Å²) < 4.78 is 3.17. The van der Waals surface area contributed by atoms with Crippen molar-refractivity contribution in [2.45, 2.75) is 26.7 Å². The van der Waals surface area contributed by atoms with Crippen LogP contribution in [0.4, 0.5) is 0 Å². The number of nitrogens with zero attached hydrogens (tertiary/aromatic N) is 2. The summed E-state index contributed by atoms with van der Waals surface area (Å²) in [5, 5.41) is 0. The number of aromatic nitrogens is 2. The molecule has 0 aliphatic rings. The lowest BCUT2D eigenvalue weighted by atomic mass is 10.1. The molecule has 3 heteroatoms. The predicted octanol–water partition coefficient (Wildman–Crippen LogP) is 4.50. The molecule has 3 aromatic rings.